The van der Waals surface area contributed by atoms with Crippen LogP contribution in [0.2, 0.25) is 0 Å². The van der Waals surface area contributed by atoms with E-state index in [2.05, 4.69) is 15.5 Å². The summed E-state index contributed by atoms with van der Waals surface area (Å²) in [5, 5.41) is 10.2. The van der Waals surface area contributed by atoms with Gasteiger partial charge in [0.2, 0.25) is 0 Å². The Labute approximate surface area is 128 Å². The van der Waals surface area contributed by atoms with Gasteiger partial charge in [0, 0.05) is 12.8 Å². The number of esters is 1. The van der Waals surface area contributed by atoms with E-state index in [0.29, 0.717) is 23.9 Å². The summed E-state index contributed by atoms with van der Waals surface area (Å²) in [6.45, 7) is 6.81. The number of nitrogens with zero attached hydrogens (tertiary/aromatic N) is 2. The van der Waals surface area contributed by atoms with Crippen LogP contribution >= 0.6 is 11.8 Å². The zero-order valence-electron chi connectivity index (χ0n) is 13.1. The van der Waals surface area contributed by atoms with Crippen LogP contribution < -0.4 is 11.0 Å². The van der Waals surface area contributed by atoms with Crippen molar-refractivity contribution in [2.75, 3.05) is 18.9 Å². The second kappa shape index (κ2) is 8.23. The molecule has 1 rings (SSSR count). The van der Waals surface area contributed by atoms with Crippen molar-refractivity contribution >= 4 is 17.7 Å². The Morgan fingerprint density at radius 3 is 2.76 bits per heavy atom. The van der Waals surface area contributed by atoms with Crippen LogP contribution in [0.3, 0.4) is 0 Å². The van der Waals surface area contributed by atoms with Crippen molar-refractivity contribution in [2.45, 2.75) is 44.3 Å². The van der Waals surface area contributed by atoms with Crippen molar-refractivity contribution in [3.8, 4) is 0 Å². The standard InChI is InChI=1S/C13H24N4O3S/c1-5-8-14-13(3,10(18)20-6-2)7-9-21-12-16-15-11(19)17(12)4/h14H,5-9H2,1-4H3,(H,15,19). The summed E-state index contributed by atoms with van der Waals surface area (Å²) in [5.41, 5.74) is -0.955. The first-order chi connectivity index (χ1) is 9.94. The lowest BCUT2D eigenvalue weighted by Gasteiger charge is -2.28. The minimum absolute atomic E-state index is 0.241. The van der Waals surface area contributed by atoms with Gasteiger partial charge in [0.1, 0.15) is 5.54 Å². The Kier molecular flexibility index (Phi) is 6.97. The quantitative estimate of drug-likeness (QED) is 0.520. The molecule has 0 radical (unpaired) electrons. The molecule has 0 amide bonds. The molecular formula is C13H24N4O3S. The number of H-pyrrole nitrogens is 1. The topological polar surface area (TPSA) is 89.0 Å². The Morgan fingerprint density at radius 1 is 1.52 bits per heavy atom. The number of hydrogen-bond donors (Lipinski definition) is 2. The molecule has 1 heterocycles. The van der Waals surface area contributed by atoms with Gasteiger partial charge in [-0.2, -0.15) is 0 Å². The van der Waals surface area contributed by atoms with E-state index in [9.17, 15) is 9.59 Å². The highest BCUT2D eigenvalue weighted by Crippen LogP contribution is 2.20. The molecule has 0 spiro atoms. The monoisotopic (exact) mass is 316 g/mol. The molecule has 0 fully saturated rings. The molecule has 0 aromatic carbocycles. The molecule has 1 unspecified atom stereocenters. The second-order valence-corrected chi connectivity index (χ2v) is 6.01. The molecule has 0 aliphatic rings. The van der Waals surface area contributed by atoms with Gasteiger partial charge in [-0.15, -0.1) is 5.10 Å². The van der Waals surface area contributed by atoms with Gasteiger partial charge in [-0.1, -0.05) is 18.7 Å². The molecule has 2 N–H and O–H groups in total. The maximum atomic E-state index is 12.1. The van der Waals surface area contributed by atoms with Crippen LogP contribution in [-0.4, -0.2) is 45.2 Å². The lowest BCUT2D eigenvalue weighted by molar-refractivity contribution is -0.150. The Morgan fingerprint density at radius 2 is 2.24 bits per heavy atom. The van der Waals surface area contributed by atoms with E-state index in [0.717, 1.165) is 13.0 Å². The van der Waals surface area contributed by atoms with Crippen molar-refractivity contribution in [1.29, 1.82) is 0 Å². The molecule has 120 valence electrons. The zero-order chi connectivity index (χ0) is 15.9. The number of carbonyl (C=O) groups is 1. The Bertz CT molecular complexity index is 514. The van der Waals surface area contributed by atoms with E-state index in [1.807, 2.05) is 13.8 Å². The fraction of sp³-hybridized carbons (Fsp3) is 0.769. The van der Waals surface area contributed by atoms with E-state index < -0.39 is 5.54 Å². The molecule has 21 heavy (non-hydrogen) atoms. The van der Waals surface area contributed by atoms with Crippen LogP contribution in [-0.2, 0) is 16.6 Å². The highest BCUT2D eigenvalue weighted by Gasteiger charge is 2.33. The minimum atomic E-state index is -0.714. The number of nitrogens with one attached hydrogen (secondary N) is 2. The average molecular weight is 316 g/mol. The van der Waals surface area contributed by atoms with Crippen molar-refractivity contribution < 1.29 is 9.53 Å². The van der Waals surface area contributed by atoms with Crippen molar-refractivity contribution in [1.82, 2.24) is 20.1 Å². The molecule has 1 aromatic heterocycles. The molecule has 1 aromatic rings. The molecule has 0 saturated carbocycles. The molecular weight excluding hydrogens is 292 g/mol. The first kappa shape index (κ1) is 17.8. The SMILES string of the molecule is CCCNC(C)(CCSc1n[nH]c(=O)n1C)C(=O)OCC. The van der Waals surface area contributed by atoms with Gasteiger partial charge in [-0.05, 0) is 33.2 Å². The number of thioether (sulfide) groups is 1. The van der Waals surface area contributed by atoms with Crippen LogP contribution in [0.25, 0.3) is 0 Å². The summed E-state index contributed by atoms with van der Waals surface area (Å²) in [7, 11) is 1.66. The number of rotatable bonds is 9. The van der Waals surface area contributed by atoms with Crippen molar-refractivity contribution in [2.24, 2.45) is 7.05 Å². The largest absolute Gasteiger partial charge is 0.465 e. The number of hydrogen-bond acceptors (Lipinski definition) is 6. The highest BCUT2D eigenvalue weighted by molar-refractivity contribution is 7.99. The number of aromatic nitrogens is 3. The Balaban J connectivity index is 2.62. The highest BCUT2D eigenvalue weighted by atomic mass is 32.2. The fourth-order valence-electron chi connectivity index (χ4n) is 1.76. The maximum absolute atomic E-state index is 12.1. The molecule has 0 bridgehead atoms. The molecule has 1 atom stereocenters. The predicted molar refractivity (Wildman–Crippen MR) is 82.5 cm³/mol. The smallest absolute Gasteiger partial charge is 0.343 e. The first-order valence-electron chi connectivity index (χ1n) is 7.11. The van der Waals surface area contributed by atoms with Crippen LogP contribution in [0.15, 0.2) is 9.95 Å². The lowest BCUT2D eigenvalue weighted by Crippen LogP contribution is -2.51. The number of carbonyl (C=O) groups excluding carboxylic acids is 1. The average Bonchev–Trinajstić information content (AvgIpc) is 2.77. The summed E-state index contributed by atoms with van der Waals surface area (Å²) < 4.78 is 6.60. The van der Waals surface area contributed by atoms with Crippen LogP contribution in [0.4, 0.5) is 0 Å². The normalized spacial score (nSPS) is 13.9. The van der Waals surface area contributed by atoms with Crippen LogP contribution in [0.1, 0.15) is 33.6 Å². The van der Waals surface area contributed by atoms with E-state index in [1.165, 1.54) is 16.3 Å². The van der Waals surface area contributed by atoms with Crippen molar-refractivity contribution in [3.63, 3.8) is 0 Å². The van der Waals surface area contributed by atoms with Gasteiger partial charge < -0.3 is 10.1 Å². The van der Waals surface area contributed by atoms with E-state index >= 15 is 0 Å². The lowest BCUT2D eigenvalue weighted by atomic mass is 9.99. The molecule has 0 saturated heterocycles. The summed E-state index contributed by atoms with van der Waals surface area (Å²) in [6.07, 6.45) is 1.54. The van der Waals surface area contributed by atoms with Crippen molar-refractivity contribution in [3.05, 3.63) is 10.5 Å². The van der Waals surface area contributed by atoms with Gasteiger partial charge >= 0.3 is 11.7 Å². The third-order valence-corrected chi connectivity index (χ3v) is 4.19. The molecule has 7 nitrogen and oxygen atoms in total. The summed E-state index contributed by atoms with van der Waals surface area (Å²) >= 11 is 1.44. The number of aromatic amines is 1. The molecule has 0 aliphatic heterocycles. The van der Waals surface area contributed by atoms with Crippen LogP contribution in [0.5, 0.6) is 0 Å². The summed E-state index contributed by atoms with van der Waals surface area (Å²) in [5.74, 6) is 0.416. The van der Waals surface area contributed by atoms with E-state index in [1.54, 1.807) is 14.0 Å². The second-order valence-electron chi connectivity index (χ2n) is 4.95. The maximum Gasteiger partial charge on any atom is 0.343 e. The van der Waals surface area contributed by atoms with Gasteiger partial charge in [-0.25, -0.2) is 9.89 Å². The third-order valence-electron chi connectivity index (χ3n) is 3.16. The third kappa shape index (κ3) is 4.89. The predicted octanol–water partition coefficient (Wildman–Crippen LogP) is 0.912. The molecule has 8 heteroatoms. The van der Waals surface area contributed by atoms with E-state index in [4.69, 9.17) is 4.74 Å². The fourth-order valence-corrected chi connectivity index (χ4v) is 2.84. The van der Waals surface area contributed by atoms with Gasteiger partial charge in [0.25, 0.3) is 0 Å². The summed E-state index contributed by atoms with van der Waals surface area (Å²) in [4.78, 5) is 23.4. The summed E-state index contributed by atoms with van der Waals surface area (Å²) in [6, 6.07) is 0. The first-order valence-corrected chi connectivity index (χ1v) is 8.09. The Hall–Kier alpha value is -1.28. The van der Waals surface area contributed by atoms with Gasteiger partial charge in [0.05, 0.1) is 6.61 Å². The van der Waals surface area contributed by atoms with Crippen LogP contribution in [0, 0.1) is 0 Å². The van der Waals surface area contributed by atoms with Gasteiger partial charge in [-0.3, -0.25) is 9.36 Å². The van der Waals surface area contributed by atoms with Gasteiger partial charge in [0.15, 0.2) is 5.16 Å². The minimum Gasteiger partial charge on any atom is -0.465 e. The zero-order valence-corrected chi connectivity index (χ0v) is 13.9. The van der Waals surface area contributed by atoms with E-state index in [-0.39, 0.29) is 11.7 Å². The molecule has 0 aliphatic carbocycles. The number of ether oxygens (including phenoxy) is 1.